The zero-order chi connectivity index (χ0) is 20.1. The number of pyridine rings is 1. The van der Waals surface area contributed by atoms with Gasteiger partial charge in [0.05, 0.1) is 24.3 Å². The van der Waals surface area contributed by atoms with Gasteiger partial charge in [-0.15, -0.1) is 0 Å². The normalized spacial score (nSPS) is 16.2. The van der Waals surface area contributed by atoms with Crippen LogP contribution in [0.15, 0.2) is 48.8 Å². The molecule has 144 valence electrons. The molecule has 1 aliphatic rings. The van der Waals surface area contributed by atoms with Crippen LogP contribution in [0.1, 0.15) is 34.1 Å². The van der Waals surface area contributed by atoms with Crippen LogP contribution < -0.4 is 15.8 Å². The fraction of sp³-hybridized carbons (Fsp3) is 0.211. The quantitative estimate of drug-likeness (QED) is 0.431. The summed E-state index contributed by atoms with van der Waals surface area (Å²) in [5, 5.41) is 0. The largest absolute Gasteiger partial charge is 0.462 e. The Morgan fingerprint density at radius 2 is 1.79 bits per heavy atom. The molecule has 0 spiro atoms. The van der Waals surface area contributed by atoms with Crippen LogP contribution in [0.3, 0.4) is 0 Å². The van der Waals surface area contributed by atoms with Crippen LogP contribution in [0.25, 0.3) is 0 Å². The highest BCUT2D eigenvalue weighted by atomic mass is 16.5. The standard InChI is InChI=1S/C19H18N4O5/c1-2-28-19(27)13-3-5-14(6-4-13)23-16(24)11-15(18(23)26)21-22-17(25)12-7-9-20-10-8-12/h3-10,15,21H,2,11H2,1H3,(H,22,25)/t15-/m0/s1. The van der Waals surface area contributed by atoms with Crippen LogP contribution in [-0.4, -0.2) is 41.3 Å². The number of aromatic nitrogens is 1. The van der Waals surface area contributed by atoms with Crippen LogP contribution in [0.4, 0.5) is 5.69 Å². The summed E-state index contributed by atoms with van der Waals surface area (Å²) < 4.78 is 4.90. The number of nitrogens with zero attached hydrogens (tertiary/aromatic N) is 2. The van der Waals surface area contributed by atoms with E-state index >= 15 is 0 Å². The van der Waals surface area contributed by atoms with Crippen LogP contribution in [-0.2, 0) is 14.3 Å². The number of esters is 1. The molecule has 28 heavy (non-hydrogen) atoms. The molecule has 1 fully saturated rings. The number of imide groups is 1. The lowest BCUT2D eigenvalue weighted by atomic mass is 10.2. The maximum absolute atomic E-state index is 12.6. The fourth-order valence-electron chi connectivity index (χ4n) is 2.71. The smallest absolute Gasteiger partial charge is 0.338 e. The minimum atomic E-state index is -0.886. The van der Waals surface area contributed by atoms with Crippen LogP contribution in [0, 0.1) is 0 Å². The molecule has 1 aliphatic heterocycles. The lowest BCUT2D eigenvalue weighted by molar-refractivity contribution is -0.121. The van der Waals surface area contributed by atoms with Crippen molar-refractivity contribution < 1.29 is 23.9 Å². The van der Waals surface area contributed by atoms with E-state index < -0.39 is 29.7 Å². The van der Waals surface area contributed by atoms with Crippen molar-refractivity contribution in [1.82, 2.24) is 15.8 Å². The summed E-state index contributed by atoms with van der Waals surface area (Å²) in [5.74, 6) is -1.83. The van der Waals surface area contributed by atoms with E-state index in [1.54, 1.807) is 6.92 Å². The van der Waals surface area contributed by atoms with Gasteiger partial charge in [0.25, 0.3) is 11.8 Å². The SMILES string of the molecule is CCOC(=O)c1ccc(N2C(=O)C[C@H](NNC(=O)c3ccncc3)C2=O)cc1. The molecule has 0 aliphatic carbocycles. The number of carbonyl (C=O) groups is 4. The highest BCUT2D eigenvalue weighted by Crippen LogP contribution is 2.23. The van der Waals surface area contributed by atoms with E-state index in [1.165, 1.54) is 48.8 Å². The van der Waals surface area contributed by atoms with Gasteiger partial charge in [0.15, 0.2) is 0 Å². The summed E-state index contributed by atoms with van der Waals surface area (Å²) in [7, 11) is 0. The fourth-order valence-corrected chi connectivity index (χ4v) is 2.71. The molecule has 3 rings (SSSR count). The van der Waals surface area contributed by atoms with E-state index in [2.05, 4.69) is 15.8 Å². The highest BCUT2D eigenvalue weighted by Gasteiger charge is 2.39. The molecule has 2 aromatic rings. The van der Waals surface area contributed by atoms with Gasteiger partial charge < -0.3 is 4.74 Å². The number of rotatable bonds is 6. The molecule has 3 amide bonds. The summed E-state index contributed by atoms with van der Waals surface area (Å²) in [6.45, 7) is 1.96. The van der Waals surface area contributed by atoms with Crippen molar-refractivity contribution in [3.05, 3.63) is 59.9 Å². The highest BCUT2D eigenvalue weighted by molar-refractivity contribution is 6.22. The molecule has 0 bridgehead atoms. The molecule has 2 N–H and O–H groups in total. The molecule has 0 saturated carbocycles. The topological polar surface area (TPSA) is 118 Å². The molecule has 9 heteroatoms. The van der Waals surface area contributed by atoms with Gasteiger partial charge in [-0.1, -0.05) is 0 Å². The van der Waals surface area contributed by atoms with Gasteiger partial charge >= 0.3 is 5.97 Å². The predicted molar refractivity (Wildman–Crippen MR) is 98.1 cm³/mol. The zero-order valence-electron chi connectivity index (χ0n) is 15.0. The van der Waals surface area contributed by atoms with Crippen molar-refractivity contribution in [3.63, 3.8) is 0 Å². The van der Waals surface area contributed by atoms with Crippen LogP contribution >= 0.6 is 0 Å². The Hall–Kier alpha value is -3.59. The molecule has 9 nitrogen and oxygen atoms in total. The second-order valence-electron chi connectivity index (χ2n) is 5.93. The van der Waals surface area contributed by atoms with Gasteiger partial charge in [-0.3, -0.25) is 24.8 Å². The number of hydrogen-bond acceptors (Lipinski definition) is 7. The Labute approximate surface area is 160 Å². The minimum Gasteiger partial charge on any atom is -0.462 e. The second kappa shape index (κ2) is 8.40. The van der Waals surface area contributed by atoms with E-state index in [1.807, 2.05) is 0 Å². The minimum absolute atomic E-state index is 0.102. The summed E-state index contributed by atoms with van der Waals surface area (Å²) in [5.41, 5.74) is 6.05. The van der Waals surface area contributed by atoms with Crippen molar-refractivity contribution in [3.8, 4) is 0 Å². The average molecular weight is 382 g/mol. The number of nitrogens with one attached hydrogen (secondary N) is 2. The van der Waals surface area contributed by atoms with Gasteiger partial charge in [0.2, 0.25) is 5.91 Å². The van der Waals surface area contributed by atoms with Crippen molar-refractivity contribution in [2.24, 2.45) is 0 Å². The molecule has 1 aromatic heterocycles. The summed E-state index contributed by atoms with van der Waals surface area (Å²) in [6, 6.07) is 8.13. The first-order valence-corrected chi connectivity index (χ1v) is 8.61. The maximum Gasteiger partial charge on any atom is 0.338 e. The number of carbonyl (C=O) groups excluding carboxylic acids is 4. The number of ether oxygens (including phenoxy) is 1. The molecule has 1 aromatic carbocycles. The summed E-state index contributed by atoms with van der Waals surface area (Å²) >= 11 is 0. The molecule has 1 atom stereocenters. The van der Waals surface area contributed by atoms with E-state index in [9.17, 15) is 19.2 Å². The lowest BCUT2D eigenvalue weighted by Crippen LogP contribution is -2.48. The first-order chi connectivity index (χ1) is 13.5. The summed E-state index contributed by atoms with van der Waals surface area (Å²) in [6.07, 6.45) is 2.84. The Kier molecular flexibility index (Phi) is 5.75. The predicted octanol–water partition coefficient (Wildman–Crippen LogP) is 0.825. The van der Waals surface area contributed by atoms with E-state index in [-0.39, 0.29) is 13.0 Å². The average Bonchev–Trinajstić information content (AvgIpc) is 3.00. The third-order valence-corrected chi connectivity index (χ3v) is 4.09. The second-order valence-corrected chi connectivity index (χ2v) is 5.93. The number of hydrogen-bond donors (Lipinski definition) is 2. The van der Waals surface area contributed by atoms with Crippen molar-refractivity contribution in [2.45, 2.75) is 19.4 Å². The van der Waals surface area contributed by atoms with Crippen molar-refractivity contribution >= 4 is 29.4 Å². The Balaban J connectivity index is 1.65. The van der Waals surface area contributed by atoms with Gasteiger partial charge in [0, 0.05) is 18.0 Å². The summed E-state index contributed by atoms with van der Waals surface area (Å²) in [4.78, 5) is 53.4. The van der Waals surface area contributed by atoms with E-state index in [0.29, 0.717) is 16.8 Å². The molecule has 0 unspecified atom stereocenters. The van der Waals surface area contributed by atoms with Crippen molar-refractivity contribution in [1.29, 1.82) is 0 Å². The van der Waals surface area contributed by atoms with E-state index in [4.69, 9.17) is 4.74 Å². The van der Waals surface area contributed by atoms with Crippen molar-refractivity contribution in [2.75, 3.05) is 11.5 Å². The number of amides is 3. The van der Waals surface area contributed by atoms with Gasteiger partial charge in [-0.25, -0.2) is 15.1 Å². The van der Waals surface area contributed by atoms with E-state index in [0.717, 1.165) is 4.90 Å². The van der Waals surface area contributed by atoms with Gasteiger partial charge in [0.1, 0.15) is 6.04 Å². The molecular formula is C19H18N4O5. The zero-order valence-corrected chi connectivity index (χ0v) is 15.0. The van der Waals surface area contributed by atoms with Crippen LogP contribution in [0.5, 0.6) is 0 Å². The Bertz CT molecular complexity index is 898. The monoisotopic (exact) mass is 382 g/mol. The number of benzene rings is 1. The third-order valence-electron chi connectivity index (χ3n) is 4.09. The Morgan fingerprint density at radius 1 is 1.11 bits per heavy atom. The molecule has 1 saturated heterocycles. The first kappa shape index (κ1) is 19.2. The molecule has 0 radical (unpaired) electrons. The third kappa shape index (κ3) is 4.04. The van der Waals surface area contributed by atoms with Gasteiger partial charge in [-0.2, -0.15) is 0 Å². The maximum atomic E-state index is 12.6. The van der Waals surface area contributed by atoms with Gasteiger partial charge in [-0.05, 0) is 43.3 Å². The Morgan fingerprint density at radius 3 is 2.43 bits per heavy atom. The molecule has 2 heterocycles. The molecular weight excluding hydrogens is 364 g/mol. The lowest BCUT2D eigenvalue weighted by Gasteiger charge is -2.16. The first-order valence-electron chi connectivity index (χ1n) is 8.61. The number of hydrazine groups is 1. The number of anilines is 1. The van der Waals surface area contributed by atoms with Crippen LogP contribution in [0.2, 0.25) is 0 Å².